The summed E-state index contributed by atoms with van der Waals surface area (Å²) >= 11 is 0. The predicted octanol–water partition coefficient (Wildman–Crippen LogP) is 5.27. The van der Waals surface area contributed by atoms with Crippen LogP contribution >= 0.6 is 0 Å². The fraction of sp³-hybridized carbons (Fsp3) is 0.400. The van der Waals surface area contributed by atoms with Crippen LogP contribution in [0.2, 0.25) is 11.1 Å². The van der Waals surface area contributed by atoms with Crippen molar-refractivity contribution in [3.63, 3.8) is 0 Å². The van der Waals surface area contributed by atoms with Crippen molar-refractivity contribution in [3.8, 4) is 11.1 Å². The van der Waals surface area contributed by atoms with Crippen molar-refractivity contribution in [1.82, 2.24) is 0 Å². The summed E-state index contributed by atoms with van der Waals surface area (Å²) in [6.07, 6.45) is 13.2. The Morgan fingerprint density at radius 2 is 1.09 bits per heavy atom. The molecule has 0 aliphatic heterocycles. The molecule has 2 N–H and O–H groups in total. The van der Waals surface area contributed by atoms with E-state index in [1.165, 1.54) is 80.5 Å². The minimum absolute atomic E-state index is 0.639. The van der Waals surface area contributed by atoms with Crippen molar-refractivity contribution in [3.05, 3.63) is 78.9 Å². The van der Waals surface area contributed by atoms with Crippen LogP contribution in [0.3, 0.4) is 0 Å². The van der Waals surface area contributed by atoms with Gasteiger partial charge in [0.05, 0.1) is 0 Å². The molecule has 2 aliphatic rings. The molecule has 4 heteroatoms. The Morgan fingerprint density at radius 3 is 1.68 bits per heavy atom. The van der Waals surface area contributed by atoms with Gasteiger partial charge in [0, 0.05) is 0 Å². The van der Waals surface area contributed by atoms with E-state index in [-0.39, 0.29) is 0 Å². The maximum Gasteiger partial charge on any atom is 0.488 e. The summed E-state index contributed by atoms with van der Waals surface area (Å²) in [7, 11) is -3.63. The minimum atomic E-state index is -2.21. The monoisotopic (exact) mass is 468 g/mol. The Bertz CT molecular complexity index is 1050. The summed E-state index contributed by atoms with van der Waals surface area (Å²) in [5.41, 5.74) is 4.64. The van der Waals surface area contributed by atoms with Gasteiger partial charge in [-0.25, -0.2) is 0 Å². The zero-order chi connectivity index (χ0) is 23.4. The zero-order valence-electron chi connectivity index (χ0n) is 20.2. The van der Waals surface area contributed by atoms with Crippen LogP contribution in [0.15, 0.2) is 78.9 Å². The second-order valence-electron chi connectivity index (χ2n) is 10.5. The Labute approximate surface area is 206 Å². The van der Waals surface area contributed by atoms with E-state index < -0.39 is 15.2 Å². The van der Waals surface area contributed by atoms with Gasteiger partial charge in [0.25, 0.3) is 0 Å². The van der Waals surface area contributed by atoms with Crippen LogP contribution in [-0.4, -0.2) is 25.2 Å². The van der Waals surface area contributed by atoms with Gasteiger partial charge in [0.15, 0.2) is 0 Å². The van der Waals surface area contributed by atoms with Gasteiger partial charge in [0.2, 0.25) is 0 Å². The van der Waals surface area contributed by atoms with Crippen LogP contribution in [0.25, 0.3) is 11.1 Å². The molecule has 5 rings (SSSR count). The fourth-order valence-corrected chi connectivity index (χ4v) is 14.2. The molecule has 0 spiro atoms. The second kappa shape index (κ2) is 10.6. The van der Waals surface area contributed by atoms with Crippen molar-refractivity contribution < 1.29 is 10.0 Å². The van der Waals surface area contributed by atoms with Gasteiger partial charge >= 0.3 is 7.12 Å². The Morgan fingerprint density at radius 1 is 0.559 bits per heavy atom. The number of rotatable bonds is 6. The first-order valence-electron chi connectivity index (χ1n) is 13.3. The third kappa shape index (κ3) is 4.56. The highest BCUT2D eigenvalue weighted by atomic mass is 28.3. The number of benzene rings is 3. The van der Waals surface area contributed by atoms with Gasteiger partial charge in [-0.15, -0.1) is 0 Å². The largest absolute Gasteiger partial charge is 0.488 e. The average molecular weight is 469 g/mol. The first-order chi connectivity index (χ1) is 16.7. The third-order valence-corrected chi connectivity index (χ3v) is 14.9. The average Bonchev–Trinajstić information content (AvgIpc) is 2.91. The van der Waals surface area contributed by atoms with Crippen LogP contribution in [0.4, 0.5) is 0 Å². The normalized spacial score (nSPS) is 18.1. The van der Waals surface area contributed by atoms with Gasteiger partial charge in [0.1, 0.15) is 8.07 Å². The SMILES string of the molecule is OB(O)c1cccc([Si](c2cccc(-c3ccccc3)c2)(C2CCCCC2)C2CCCCC2)c1. The summed E-state index contributed by atoms with van der Waals surface area (Å²) in [6.45, 7) is 0. The molecule has 0 heterocycles. The molecule has 0 atom stereocenters. The molecule has 0 saturated heterocycles. The van der Waals surface area contributed by atoms with Crippen molar-refractivity contribution >= 4 is 31.0 Å². The lowest BCUT2D eigenvalue weighted by Crippen LogP contribution is -2.66. The molecule has 176 valence electrons. The maximum atomic E-state index is 10.1. The van der Waals surface area contributed by atoms with E-state index in [4.69, 9.17) is 0 Å². The van der Waals surface area contributed by atoms with Crippen LogP contribution in [0.1, 0.15) is 64.2 Å². The highest BCUT2D eigenvalue weighted by Gasteiger charge is 2.50. The Kier molecular flexibility index (Phi) is 7.38. The topological polar surface area (TPSA) is 40.5 Å². The minimum Gasteiger partial charge on any atom is -0.423 e. The van der Waals surface area contributed by atoms with Crippen LogP contribution in [0, 0.1) is 0 Å². The second-order valence-corrected chi connectivity index (χ2v) is 15.0. The molecule has 34 heavy (non-hydrogen) atoms. The lowest BCUT2D eigenvalue weighted by molar-refractivity contribution is 0.426. The number of hydrogen-bond donors (Lipinski definition) is 2. The molecule has 0 amide bonds. The van der Waals surface area contributed by atoms with Crippen molar-refractivity contribution in [2.45, 2.75) is 75.3 Å². The Balaban J connectivity index is 1.74. The van der Waals surface area contributed by atoms with Gasteiger partial charge < -0.3 is 10.0 Å². The molecule has 2 saturated carbocycles. The van der Waals surface area contributed by atoms with E-state index in [0.29, 0.717) is 16.5 Å². The summed E-state index contributed by atoms with van der Waals surface area (Å²) < 4.78 is 0. The summed E-state index contributed by atoms with van der Waals surface area (Å²) in [6, 6.07) is 28.7. The summed E-state index contributed by atoms with van der Waals surface area (Å²) in [4.78, 5) is 0. The van der Waals surface area contributed by atoms with E-state index in [9.17, 15) is 10.0 Å². The molecule has 0 aromatic heterocycles. The van der Waals surface area contributed by atoms with E-state index in [1.54, 1.807) is 5.19 Å². The molecular weight excluding hydrogens is 431 g/mol. The van der Waals surface area contributed by atoms with E-state index in [0.717, 1.165) is 0 Å². The van der Waals surface area contributed by atoms with Gasteiger partial charge in [-0.1, -0.05) is 153 Å². The molecule has 2 aliphatic carbocycles. The van der Waals surface area contributed by atoms with E-state index in [2.05, 4.69) is 72.8 Å². The van der Waals surface area contributed by atoms with Crippen molar-refractivity contribution in [1.29, 1.82) is 0 Å². The highest BCUT2D eigenvalue weighted by molar-refractivity contribution is 7.04. The van der Waals surface area contributed by atoms with Crippen molar-refractivity contribution in [2.24, 2.45) is 0 Å². The van der Waals surface area contributed by atoms with Crippen molar-refractivity contribution in [2.75, 3.05) is 0 Å². The predicted molar refractivity (Wildman–Crippen MR) is 147 cm³/mol. The van der Waals surface area contributed by atoms with E-state index >= 15 is 0 Å². The molecule has 0 unspecified atom stereocenters. The van der Waals surface area contributed by atoms with E-state index in [1.807, 2.05) is 6.07 Å². The van der Waals surface area contributed by atoms with Crippen LogP contribution < -0.4 is 15.8 Å². The first-order valence-corrected chi connectivity index (χ1v) is 15.5. The molecule has 2 nitrogen and oxygen atoms in total. The standard InChI is InChI=1S/C30H37BO2Si/c32-31(33)26-15-11-21-30(23-26)34(27-16-6-2-7-17-27,28-18-8-3-9-19-28)29-20-10-14-25(22-29)24-12-4-1-5-13-24/h1,4-5,10-15,20-23,27-28,32-33H,2-3,6-9,16-19H2. The molecule has 0 radical (unpaired) electrons. The lowest BCUT2D eigenvalue weighted by atomic mass is 9.80. The third-order valence-electron chi connectivity index (χ3n) is 8.61. The van der Waals surface area contributed by atoms with Crippen LogP contribution in [0.5, 0.6) is 0 Å². The number of hydrogen-bond acceptors (Lipinski definition) is 2. The van der Waals surface area contributed by atoms with Gasteiger partial charge in [-0.3, -0.25) is 0 Å². The quantitative estimate of drug-likeness (QED) is 0.484. The van der Waals surface area contributed by atoms with Crippen LogP contribution in [-0.2, 0) is 0 Å². The molecule has 3 aromatic rings. The van der Waals surface area contributed by atoms with Gasteiger partial charge in [-0.2, -0.15) is 0 Å². The summed E-state index contributed by atoms with van der Waals surface area (Å²) in [5, 5.41) is 23.1. The molecular formula is C30H37BO2Si. The fourth-order valence-electron chi connectivity index (χ4n) is 7.10. The molecule has 3 aromatic carbocycles. The molecule has 2 fully saturated rings. The maximum absolute atomic E-state index is 10.1. The highest BCUT2D eigenvalue weighted by Crippen LogP contribution is 2.48. The molecule has 0 bridgehead atoms. The summed E-state index contributed by atoms with van der Waals surface area (Å²) in [5.74, 6) is 0. The zero-order valence-corrected chi connectivity index (χ0v) is 21.2. The van der Waals surface area contributed by atoms with Gasteiger partial charge in [-0.05, 0) is 27.7 Å². The smallest absolute Gasteiger partial charge is 0.423 e. The lowest BCUT2D eigenvalue weighted by Gasteiger charge is -2.49. The first kappa shape index (κ1) is 23.6. The Hall–Kier alpha value is -2.14.